The Labute approximate surface area is 148 Å². The van der Waals surface area contributed by atoms with Gasteiger partial charge in [-0.05, 0) is 46.5 Å². The monoisotopic (exact) mass is 362 g/mol. The maximum Gasteiger partial charge on any atom is 0.309 e. The van der Waals surface area contributed by atoms with Crippen LogP contribution >= 0.6 is 11.3 Å². The first-order valence-corrected chi connectivity index (χ1v) is 8.72. The minimum atomic E-state index is -0.724. The summed E-state index contributed by atoms with van der Waals surface area (Å²) in [4.78, 5) is 23.6. The average molecular weight is 362 g/mol. The quantitative estimate of drug-likeness (QED) is 0.674. The minimum Gasteiger partial charge on any atom is -0.454 e. The second-order valence-electron chi connectivity index (χ2n) is 5.49. The van der Waals surface area contributed by atoms with E-state index < -0.39 is 17.9 Å². The first kappa shape index (κ1) is 17.2. The summed E-state index contributed by atoms with van der Waals surface area (Å²) in [7, 11) is 0. The molecule has 1 aliphatic heterocycles. The van der Waals surface area contributed by atoms with Crippen LogP contribution in [0.15, 0.2) is 35.0 Å². The Morgan fingerprint density at radius 1 is 1.16 bits per heavy atom. The van der Waals surface area contributed by atoms with Crippen LogP contribution in [0.5, 0.6) is 11.5 Å². The second-order valence-corrected chi connectivity index (χ2v) is 6.27. The third kappa shape index (κ3) is 4.49. The minimum absolute atomic E-state index is 0.185. The number of nitrogens with one attached hydrogen (secondary N) is 2. The Morgan fingerprint density at radius 3 is 2.76 bits per heavy atom. The summed E-state index contributed by atoms with van der Waals surface area (Å²) in [5.74, 6) is -0.156. The molecule has 0 aliphatic carbocycles. The molecule has 3 N–H and O–H groups in total. The van der Waals surface area contributed by atoms with Crippen molar-refractivity contribution in [2.24, 2.45) is 0 Å². The predicted molar refractivity (Wildman–Crippen MR) is 91.3 cm³/mol. The molecular weight excluding hydrogens is 344 g/mol. The number of aliphatic hydroxyl groups excluding tert-OH is 1. The van der Waals surface area contributed by atoms with E-state index in [1.165, 1.54) is 11.3 Å². The van der Waals surface area contributed by atoms with E-state index in [2.05, 4.69) is 10.6 Å². The van der Waals surface area contributed by atoms with E-state index in [-0.39, 0.29) is 19.9 Å². The number of carbonyl (C=O) groups excluding carboxylic acids is 2. The largest absolute Gasteiger partial charge is 0.454 e. The van der Waals surface area contributed by atoms with Crippen LogP contribution in [0.1, 0.15) is 23.7 Å². The molecule has 2 amide bonds. The standard InChI is InChI=1S/C17H18N2O5S/c20-13(12-4-6-25-9-12)3-5-18-16(21)17(22)19-8-11-1-2-14-15(7-11)24-10-23-14/h1-2,4,6-7,9,13,20H,3,5,8,10H2,(H,18,21)(H,19,22). The fourth-order valence-electron chi connectivity index (χ4n) is 2.35. The fraction of sp³-hybridized carbons (Fsp3) is 0.294. The third-order valence-corrected chi connectivity index (χ3v) is 4.43. The Balaban J connectivity index is 1.39. The van der Waals surface area contributed by atoms with E-state index in [1.807, 2.05) is 16.8 Å². The van der Waals surface area contributed by atoms with Gasteiger partial charge >= 0.3 is 11.8 Å². The SMILES string of the molecule is O=C(NCCC(O)c1ccsc1)C(=O)NCc1ccc2c(c1)OCO2. The van der Waals surface area contributed by atoms with Crippen molar-refractivity contribution in [2.45, 2.75) is 19.1 Å². The van der Waals surface area contributed by atoms with E-state index in [9.17, 15) is 14.7 Å². The van der Waals surface area contributed by atoms with Crippen LogP contribution in [-0.2, 0) is 16.1 Å². The molecule has 0 saturated heterocycles. The van der Waals surface area contributed by atoms with Crippen LogP contribution in [0.3, 0.4) is 0 Å². The van der Waals surface area contributed by atoms with Gasteiger partial charge < -0.3 is 25.2 Å². The van der Waals surface area contributed by atoms with E-state index in [1.54, 1.807) is 18.2 Å². The molecule has 1 aromatic carbocycles. The fourth-order valence-corrected chi connectivity index (χ4v) is 3.05. The lowest BCUT2D eigenvalue weighted by molar-refractivity contribution is -0.139. The molecule has 0 spiro atoms. The number of thiophene rings is 1. The van der Waals surface area contributed by atoms with Crippen LogP contribution in [-0.4, -0.2) is 30.3 Å². The molecule has 2 heterocycles. The lowest BCUT2D eigenvalue weighted by Crippen LogP contribution is -2.40. The first-order chi connectivity index (χ1) is 12.1. The van der Waals surface area contributed by atoms with Gasteiger partial charge in [0.1, 0.15) is 0 Å². The zero-order valence-corrected chi connectivity index (χ0v) is 14.2. The van der Waals surface area contributed by atoms with Crippen molar-refractivity contribution in [1.82, 2.24) is 10.6 Å². The molecule has 7 nitrogen and oxygen atoms in total. The zero-order valence-electron chi connectivity index (χ0n) is 13.4. The molecule has 132 valence electrons. The summed E-state index contributed by atoms with van der Waals surface area (Å²) in [6.45, 7) is 0.610. The Kier molecular flexibility index (Phi) is 5.52. The number of amides is 2. The zero-order chi connectivity index (χ0) is 17.6. The van der Waals surface area contributed by atoms with Crippen LogP contribution in [0.2, 0.25) is 0 Å². The second kappa shape index (κ2) is 8.00. The van der Waals surface area contributed by atoms with Gasteiger partial charge in [0.15, 0.2) is 11.5 Å². The number of carbonyl (C=O) groups is 2. The highest BCUT2D eigenvalue weighted by molar-refractivity contribution is 7.07. The van der Waals surface area contributed by atoms with Gasteiger partial charge in [-0.3, -0.25) is 9.59 Å². The Bertz CT molecular complexity index is 748. The average Bonchev–Trinajstić information content (AvgIpc) is 3.30. The molecule has 3 rings (SSSR count). The summed E-state index contributed by atoms with van der Waals surface area (Å²) in [5.41, 5.74) is 1.62. The summed E-state index contributed by atoms with van der Waals surface area (Å²) in [5, 5.41) is 18.7. The third-order valence-electron chi connectivity index (χ3n) is 3.73. The lowest BCUT2D eigenvalue weighted by atomic mass is 10.1. The van der Waals surface area contributed by atoms with Gasteiger partial charge in [0.2, 0.25) is 6.79 Å². The summed E-state index contributed by atoms with van der Waals surface area (Å²) in [6, 6.07) is 7.14. The van der Waals surface area contributed by atoms with Gasteiger partial charge in [-0.2, -0.15) is 11.3 Å². The molecule has 1 unspecified atom stereocenters. The summed E-state index contributed by atoms with van der Waals surface area (Å²) < 4.78 is 10.5. The Hall–Kier alpha value is -2.58. The predicted octanol–water partition coefficient (Wildman–Crippen LogP) is 1.33. The van der Waals surface area contributed by atoms with Gasteiger partial charge in [0.05, 0.1) is 6.10 Å². The normalized spacial score (nSPS) is 13.3. The maximum absolute atomic E-state index is 11.8. The van der Waals surface area contributed by atoms with Crippen molar-refractivity contribution >= 4 is 23.2 Å². The summed E-state index contributed by atoms with van der Waals surface area (Å²) >= 11 is 1.50. The number of fused-ring (bicyclic) bond motifs is 1. The van der Waals surface area contributed by atoms with E-state index >= 15 is 0 Å². The molecule has 1 atom stereocenters. The number of hydrogen-bond acceptors (Lipinski definition) is 6. The molecule has 0 radical (unpaired) electrons. The van der Waals surface area contributed by atoms with E-state index in [0.29, 0.717) is 17.9 Å². The van der Waals surface area contributed by atoms with Crippen molar-refractivity contribution in [3.05, 3.63) is 46.2 Å². The topological polar surface area (TPSA) is 96.9 Å². The van der Waals surface area contributed by atoms with Crippen molar-refractivity contribution in [2.75, 3.05) is 13.3 Å². The van der Waals surface area contributed by atoms with Crippen molar-refractivity contribution in [3.8, 4) is 11.5 Å². The van der Waals surface area contributed by atoms with Gasteiger partial charge in [-0.15, -0.1) is 0 Å². The first-order valence-electron chi connectivity index (χ1n) is 7.78. The van der Waals surface area contributed by atoms with Crippen molar-refractivity contribution in [3.63, 3.8) is 0 Å². The van der Waals surface area contributed by atoms with E-state index in [0.717, 1.165) is 11.1 Å². The lowest BCUT2D eigenvalue weighted by Gasteiger charge is -2.10. The highest BCUT2D eigenvalue weighted by Crippen LogP contribution is 2.32. The number of rotatable bonds is 6. The van der Waals surface area contributed by atoms with Crippen LogP contribution in [0, 0.1) is 0 Å². The van der Waals surface area contributed by atoms with Gasteiger partial charge in [-0.1, -0.05) is 6.07 Å². The molecule has 0 fully saturated rings. The van der Waals surface area contributed by atoms with E-state index in [4.69, 9.17) is 9.47 Å². The number of hydrogen-bond donors (Lipinski definition) is 3. The molecule has 2 aromatic rings. The molecule has 25 heavy (non-hydrogen) atoms. The van der Waals surface area contributed by atoms with Crippen LogP contribution in [0.25, 0.3) is 0 Å². The molecule has 8 heteroatoms. The Morgan fingerprint density at radius 2 is 1.96 bits per heavy atom. The number of aliphatic hydroxyl groups is 1. The van der Waals surface area contributed by atoms with Gasteiger partial charge in [0, 0.05) is 13.1 Å². The van der Waals surface area contributed by atoms with Crippen LogP contribution in [0.4, 0.5) is 0 Å². The van der Waals surface area contributed by atoms with Gasteiger partial charge in [0.25, 0.3) is 0 Å². The summed E-state index contributed by atoms with van der Waals surface area (Å²) in [6.07, 6.45) is -0.305. The molecule has 0 saturated carbocycles. The molecule has 1 aromatic heterocycles. The maximum atomic E-state index is 11.8. The molecule has 1 aliphatic rings. The molecule has 0 bridgehead atoms. The molecular formula is C17H18N2O5S. The van der Waals surface area contributed by atoms with Crippen molar-refractivity contribution in [1.29, 1.82) is 0 Å². The smallest absolute Gasteiger partial charge is 0.309 e. The highest BCUT2D eigenvalue weighted by atomic mass is 32.1. The highest BCUT2D eigenvalue weighted by Gasteiger charge is 2.16. The number of benzene rings is 1. The van der Waals surface area contributed by atoms with Gasteiger partial charge in [-0.25, -0.2) is 0 Å². The van der Waals surface area contributed by atoms with Crippen molar-refractivity contribution < 1.29 is 24.2 Å². The number of ether oxygens (including phenoxy) is 2. The van der Waals surface area contributed by atoms with Crippen LogP contribution < -0.4 is 20.1 Å².